The van der Waals surface area contributed by atoms with Crippen molar-refractivity contribution in [1.82, 2.24) is 0 Å². The Labute approximate surface area is 126 Å². The Bertz CT molecular complexity index is 657. The lowest BCUT2D eigenvalue weighted by atomic mass is 9.88. The van der Waals surface area contributed by atoms with Crippen LogP contribution in [0.4, 0.5) is 8.78 Å². The Kier molecular flexibility index (Phi) is 4.49. The van der Waals surface area contributed by atoms with Gasteiger partial charge in [-0.05, 0) is 30.7 Å². The number of aliphatic hydroxyl groups is 1. The van der Waals surface area contributed by atoms with Gasteiger partial charge < -0.3 is 9.84 Å². The predicted molar refractivity (Wildman–Crippen MR) is 77.6 cm³/mol. The highest BCUT2D eigenvalue weighted by Crippen LogP contribution is 2.36. The zero-order chi connectivity index (χ0) is 15.6. The van der Waals surface area contributed by atoms with Crippen LogP contribution in [-0.4, -0.2) is 12.2 Å². The van der Waals surface area contributed by atoms with Gasteiger partial charge in [0.05, 0.1) is 23.3 Å². The lowest BCUT2D eigenvalue weighted by Crippen LogP contribution is -2.26. The van der Waals surface area contributed by atoms with Crippen LogP contribution in [-0.2, 0) is 12.0 Å². The molecule has 1 atom stereocenters. The maximum atomic E-state index is 14.1. The maximum absolute atomic E-state index is 14.1. The Morgan fingerprint density at radius 2 is 1.76 bits per heavy atom. The van der Waals surface area contributed by atoms with Crippen LogP contribution in [0.3, 0.4) is 0 Å². The molecule has 1 N–H and O–H groups in total. The molecule has 0 spiro atoms. The number of benzene rings is 2. The Morgan fingerprint density at radius 1 is 1.14 bits per heavy atom. The van der Waals surface area contributed by atoms with Gasteiger partial charge >= 0.3 is 0 Å². The standard InChI is InChI=1S/C16H15ClF2O2/c1-16(20,9-10-5-3-7-12(19)15(10)17)14-11(18)6-4-8-13(14)21-2/h3-8,20H,9H2,1-2H3. The van der Waals surface area contributed by atoms with Crippen molar-refractivity contribution in [2.45, 2.75) is 18.9 Å². The van der Waals surface area contributed by atoms with E-state index in [4.69, 9.17) is 16.3 Å². The van der Waals surface area contributed by atoms with Crippen LogP contribution in [0, 0.1) is 11.6 Å². The molecular formula is C16H15ClF2O2. The summed E-state index contributed by atoms with van der Waals surface area (Å²) in [6.07, 6.45) is -0.0408. The molecule has 0 aliphatic heterocycles. The third kappa shape index (κ3) is 3.17. The second-order valence-corrected chi connectivity index (χ2v) is 5.36. The number of rotatable bonds is 4. The number of hydrogen-bond donors (Lipinski definition) is 1. The topological polar surface area (TPSA) is 29.5 Å². The van der Waals surface area contributed by atoms with Gasteiger partial charge in [-0.15, -0.1) is 0 Å². The molecule has 2 nitrogen and oxygen atoms in total. The van der Waals surface area contributed by atoms with E-state index < -0.39 is 17.2 Å². The lowest BCUT2D eigenvalue weighted by molar-refractivity contribution is 0.0509. The normalized spacial score (nSPS) is 13.8. The van der Waals surface area contributed by atoms with Crippen LogP contribution >= 0.6 is 11.6 Å². The average molecular weight is 313 g/mol. The van der Waals surface area contributed by atoms with Crippen molar-refractivity contribution in [1.29, 1.82) is 0 Å². The van der Waals surface area contributed by atoms with Gasteiger partial charge in [-0.25, -0.2) is 8.78 Å². The predicted octanol–water partition coefficient (Wildman–Crippen LogP) is 4.08. The molecule has 0 saturated heterocycles. The van der Waals surface area contributed by atoms with Crippen LogP contribution < -0.4 is 4.74 Å². The average Bonchev–Trinajstić information content (AvgIpc) is 2.43. The number of halogens is 3. The third-order valence-corrected chi connectivity index (χ3v) is 3.72. The highest BCUT2D eigenvalue weighted by Gasteiger charge is 2.31. The van der Waals surface area contributed by atoms with E-state index >= 15 is 0 Å². The fourth-order valence-electron chi connectivity index (χ4n) is 2.34. The molecule has 2 rings (SSSR count). The van der Waals surface area contributed by atoms with E-state index in [0.29, 0.717) is 5.56 Å². The highest BCUT2D eigenvalue weighted by atomic mass is 35.5. The minimum absolute atomic E-state index is 0.0211. The van der Waals surface area contributed by atoms with Gasteiger partial charge in [0.1, 0.15) is 17.4 Å². The van der Waals surface area contributed by atoms with E-state index in [1.165, 1.54) is 38.3 Å². The Balaban J connectivity index is 2.45. The fraction of sp³-hybridized carbons (Fsp3) is 0.250. The zero-order valence-electron chi connectivity index (χ0n) is 11.7. The summed E-state index contributed by atoms with van der Waals surface area (Å²) in [4.78, 5) is 0. The summed E-state index contributed by atoms with van der Waals surface area (Å²) in [5.74, 6) is -0.940. The molecular weight excluding hydrogens is 298 g/mol. The second-order valence-electron chi connectivity index (χ2n) is 4.98. The molecule has 0 heterocycles. The van der Waals surface area contributed by atoms with Crippen LogP contribution in [0.2, 0.25) is 5.02 Å². The van der Waals surface area contributed by atoms with E-state index in [-0.39, 0.29) is 22.8 Å². The molecule has 0 aromatic heterocycles. The van der Waals surface area contributed by atoms with Gasteiger partial charge in [0.2, 0.25) is 0 Å². The van der Waals surface area contributed by atoms with Crippen molar-refractivity contribution in [3.63, 3.8) is 0 Å². The fourth-order valence-corrected chi connectivity index (χ4v) is 2.53. The van der Waals surface area contributed by atoms with Crippen molar-refractivity contribution in [3.05, 3.63) is 64.2 Å². The van der Waals surface area contributed by atoms with Crippen LogP contribution in [0.25, 0.3) is 0 Å². The van der Waals surface area contributed by atoms with E-state index in [2.05, 4.69) is 0 Å². The molecule has 0 fully saturated rings. The van der Waals surface area contributed by atoms with Crippen molar-refractivity contribution < 1.29 is 18.6 Å². The summed E-state index contributed by atoms with van der Waals surface area (Å²) in [6, 6.07) is 8.59. The molecule has 0 bridgehead atoms. The zero-order valence-corrected chi connectivity index (χ0v) is 12.4. The van der Waals surface area contributed by atoms with Crippen molar-refractivity contribution >= 4 is 11.6 Å². The lowest BCUT2D eigenvalue weighted by Gasteiger charge is -2.26. The molecule has 0 radical (unpaired) electrons. The largest absolute Gasteiger partial charge is 0.496 e. The van der Waals surface area contributed by atoms with Crippen molar-refractivity contribution in [2.24, 2.45) is 0 Å². The molecule has 0 aliphatic carbocycles. The number of ether oxygens (including phenoxy) is 1. The van der Waals surface area contributed by atoms with Crippen LogP contribution in [0.15, 0.2) is 36.4 Å². The molecule has 1 unspecified atom stereocenters. The van der Waals surface area contributed by atoms with Crippen molar-refractivity contribution in [2.75, 3.05) is 7.11 Å². The number of hydrogen-bond acceptors (Lipinski definition) is 2. The smallest absolute Gasteiger partial charge is 0.142 e. The van der Waals surface area contributed by atoms with E-state index in [1.54, 1.807) is 12.1 Å². The molecule has 0 saturated carbocycles. The quantitative estimate of drug-likeness (QED) is 0.922. The van der Waals surface area contributed by atoms with E-state index in [1.807, 2.05) is 0 Å². The van der Waals surface area contributed by atoms with Gasteiger partial charge in [0.25, 0.3) is 0 Å². The summed E-state index contributed by atoms with van der Waals surface area (Å²) in [7, 11) is 1.39. The molecule has 0 aliphatic rings. The molecule has 21 heavy (non-hydrogen) atoms. The third-order valence-electron chi connectivity index (χ3n) is 3.30. The molecule has 2 aromatic rings. The summed E-state index contributed by atoms with van der Waals surface area (Å²) in [5, 5.41) is 10.6. The monoisotopic (exact) mass is 312 g/mol. The summed E-state index contributed by atoms with van der Waals surface area (Å²) >= 11 is 5.89. The van der Waals surface area contributed by atoms with Gasteiger partial charge in [0, 0.05) is 6.42 Å². The first kappa shape index (κ1) is 15.7. The van der Waals surface area contributed by atoms with E-state index in [9.17, 15) is 13.9 Å². The SMILES string of the molecule is COc1cccc(F)c1C(C)(O)Cc1cccc(F)c1Cl. The first-order valence-corrected chi connectivity index (χ1v) is 6.73. The minimum atomic E-state index is -1.59. The van der Waals surface area contributed by atoms with Crippen LogP contribution in [0.1, 0.15) is 18.1 Å². The first-order valence-electron chi connectivity index (χ1n) is 6.35. The highest BCUT2D eigenvalue weighted by molar-refractivity contribution is 6.31. The van der Waals surface area contributed by atoms with Crippen molar-refractivity contribution in [3.8, 4) is 5.75 Å². The summed E-state index contributed by atoms with van der Waals surface area (Å²) < 4.78 is 32.6. The summed E-state index contributed by atoms with van der Waals surface area (Å²) in [5.41, 5.74) is -1.17. The molecule has 0 amide bonds. The molecule has 2 aromatic carbocycles. The van der Waals surface area contributed by atoms with Gasteiger partial charge in [-0.3, -0.25) is 0 Å². The Morgan fingerprint density at radius 3 is 2.43 bits per heavy atom. The van der Waals surface area contributed by atoms with Crippen LogP contribution in [0.5, 0.6) is 5.75 Å². The number of methoxy groups -OCH3 is 1. The minimum Gasteiger partial charge on any atom is -0.496 e. The van der Waals surface area contributed by atoms with E-state index in [0.717, 1.165) is 0 Å². The Hall–Kier alpha value is -1.65. The second kappa shape index (κ2) is 6.00. The molecule has 112 valence electrons. The van der Waals surface area contributed by atoms with Gasteiger partial charge in [0.15, 0.2) is 0 Å². The first-order chi connectivity index (χ1) is 9.86. The van der Waals surface area contributed by atoms with Gasteiger partial charge in [-0.1, -0.05) is 29.8 Å². The maximum Gasteiger partial charge on any atom is 0.142 e. The molecule has 5 heteroatoms. The summed E-state index contributed by atoms with van der Waals surface area (Å²) in [6.45, 7) is 1.44. The van der Waals surface area contributed by atoms with Gasteiger partial charge in [-0.2, -0.15) is 0 Å².